The summed E-state index contributed by atoms with van der Waals surface area (Å²) in [5, 5.41) is 2.92. The summed E-state index contributed by atoms with van der Waals surface area (Å²) in [5.74, 6) is 0.362. The number of carbonyl (C=O) groups excluding carboxylic acids is 2. The van der Waals surface area contributed by atoms with Crippen molar-refractivity contribution < 1.29 is 14.3 Å². The highest BCUT2D eigenvalue weighted by Crippen LogP contribution is 2.38. The lowest BCUT2D eigenvalue weighted by atomic mass is 9.82. The molecule has 0 aliphatic carbocycles. The molecule has 1 fully saturated rings. The Bertz CT molecular complexity index is 1230. The summed E-state index contributed by atoms with van der Waals surface area (Å²) in [5.41, 5.74) is 1.56. The molecule has 0 radical (unpaired) electrons. The van der Waals surface area contributed by atoms with Crippen LogP contribution in [0.25, 0.3) is 0 Å². The molecule has 5 rings (SSSR count). The molecule has 1 N–H and O–H groups in total. The van der Waals surface area contributed by atoms with Crippen molar-refractivity contribution >= 4 is 17.5 Å². The van der Waals surface area contributed by atoms with Gasteiger partial charge in [-0.05, 0) is 42.7 Å². The highest BCUT2D eigenvalue weighted by Gasteiger charge is 2.38. The Kier molecular flexibility index (Phi) is 5.64. The molecule has 1 aromatic carbocycles. The van der Waals surface area contributed by atoms with Crippen molar-refractivity contribution in [2.24, 2.45) is 5.92 Å². The van der Waals surface area contributed by atoms with Crippen LogP contribution in [0.15, 0.2) is 71.7 Å². The van der Waals surface area contributed by atoms with Gasteiger partial charge in [-0.1, -0.05) is 24.3 Å². The highest BCUT2D eigenvalue weighted by atomic mass is 16.5. The van der Waals surface area contributed by atoms with Gasteiger partial charge < -0.3 is 19.5 Å². The Labute approximate surface area is 190 Å². The van der Waals surface area contributed by atoms with E-state index in [9.17, 15) is 14.4 Å². The van der Waals surface area contributed by atoms with Crippen LogP contribution in [0.5, 0.6) is 5.75 Å². The zero-order valence-electron chi connectivity index (χ0n) is 18.0. The number of ether oxygens (including phenoxy) is 1. The predicted molar refractivity (Wildman–Crippen MR) is 122 cm³/mol. The normalized spacial score (nSPS) is 18.8. The molecule has 0 saturated carbocycles. The van der Waals surface area contributed by atoms with Crippen LogP contribution >= 0.6 is 0 Å². The zero-order valence-corrected chi connectivity index (χ0v) is 18.0. The van der Waals surface area contributed by atoms with Gasteiger partial charge in [0.2, 0.25) is 0 Å². The molecule has 33 heavy (non-hydrogen) atoms. The van der Waals surface area contributed by atoms with E-state index in [4.69, 9.17) is 4.74 Å². The van der Waals surface area contributed by atoms with Crippen LogP contribution in [0.3, 0.4) is 0 Å². The summed E-state index contributed by atoms with van der Waals surface area (Å²) in [4.78, 5) is 44.1. The largest absolute Gasteiger partial charge is 0.484 e. The minimum atomic E-state index is -0.334. The lowest BCUT2D eigenvalue weighted by molar-refractivity contribution is -0.136. The number of aromatic nitrogens is 2. The number of rotatable bonds is 5. The van der Waals surface area contributed by atoms with Gasteiger partial charge in [-0.3, -0.25) is 19.4 Å². The number of pyridine rings is 2. The van der Waals surface area contributed by atoms with Crippen LogP contribution in [-0.2, 0) is 11.3 Å². The van der Waals surface area contributed by atoms with Crippen LogP contribution in [-0.4, -0.2) is 46.0 Å². The summed E-state index contributed by atoms with van der Waals surface area (Å²) in [7, 11) is 0. The van der Waals surface area contributed by atoms with Crippen LogP contribution in [0.1, 0.15) is 28.5 Å². The number of benzene rings is 1. The van der Waals surface area contributed by atoms with E-state index in [-0.39, 0.29) is 35.8 Å². The van der Waals surface area contributed by atoms with E-state index in [0.29, 0.717) is 36.8 Å². The summed E-state index contributed by atoms with van der Waals surface area (Å²) in [6.07, 6.45) is 2.42. The van der Waals surface area contributed by atoms with E-state index in [1.54, 1.807) is 35.0 Å². The fourth-order valence-corrected chi connectivity index (χ4v) is 4.76. The van der Waals surface area contributed by atoms with E-state index in [1.165, 1.54) is 6.07 Å². The minimum Gasteiger partial charge on any atom is -0.484 e. The van der Waals surface area contributed by atoms with Crippen molar-refractivity contribution in [1.82, 2.24) is 14.5 Å². The SMILES string of the molecule is O=C(Nc1ccc(=O)n2c1C1CC(CN(C(=O)COc3ccccc3)C1)C2)c1ccccn1. The van der Waals surface area contributed by atoms with Gasteiger partial charge in [0.1, 0.15) is 11.4 Å². The molecule has 1 saturated heterocycles. The van der Waals surface area contributed by atoms with Gasteiger partial charge in [0.25, 0.3) is 17.4 Å². The second-order valence-corrected chi connectivity index (χ2v) is 8.45. The van der Waals surface area contributed by atoms with E-state index >= 15 is 0 Å². The molecule has 2 aromatic heterocycles. The number of hydrogen-bond donors (Lipinski definition) is 1. The second-order valence-electron chi connectivity index (χ2n) is 8.45. The van der Waals surface area contributed by atoms with Crippen molar-refractivity contribution in [3.8, 4) is 5.75 Å². The van der Waals surface area contributed by atoms with Gasteiger partial charge in [0.15, 0.2) is 6.61 Å². The third kappa shape index (κ3) is 4.37. The van der Waals surface area contributed by atoms with E-state index in [0.717, 1.165) is 12.1 Å². The maximum absolute atomic E-state index is 12.9. The van der Waals surface area contributed by atoms with Crippen LogP contribution in [0.2, 0.25) is 0 Å². The van der Waals surface area contributed by atoms with Crippen molar-refractivity contribution in [1.29, 1.82) is 0 Å². The Morgan fingerprint density at radius 2 is 1.82 bits per heavy atom. The lowest BCUT2D eigenvalue weighted by Crippen LogP contribution is -2.50. The number of carbonyl (C=O) groups is 2. The highest BCUT2D eigenvalue weighted by molar-refractivity contribution is 6.03. The van der Waals surface area contributed by atoms with Gasteiger partial charge in [0.05, 0.1) is 5.69 Å². The number of likely N-dealkylation sites (tertiary alicyclic amines) is 1. The van der Waals surface area contributed by atoms with Crippen molar-refractivity contribution in [3.63, 3.8) is 0 Å². The Hall–Kier alpha value is -3.94. The fourth-order valence-electron chi connectivity index (χ4n) is 4.76. The van der Waals surface area contributed by atoms with Crippen LogP contribution in [0.4, 0.5) is 5.69 Å². The van der Waals surface area contributed by atoms with Crippen LogP contribution in [0, 0.1) is 5.92 Å². The van der Waals surface area contributed by atoms with Crippen LogP contribution < -0.4 is 15.6 Å². The van der Waals surface area contributed by atoms with Crippen molar-refractivity contribution in [2.45, 2.75) is 18.9 Å². The van der Waals surface area contributed by atoms with Gasteiger partial charge >= 0.3 is 0 Å². The molecular formula is C25H24N4O4. The maximum Gasteiger partial charge on any atom is 0.274 e. The first-order valence-corrected chi connectivity index (χ1v) is 11.0. The molecule has 4 heterocycles. The summed E-state index contributed by atoms with van der Waals surface area (Å²) < 4.78 is 7.39. The first-order valence-electron chi connectivity index (χ1n) is 11.0. The monoisotopic (exact) mass is 444 g/mol. The van der Waals surface area contributed by atoms with Gasteiger partial charge in [-0.15, -0.1) is 0 Å². The van der Waals surface area contributed by atoms with Crippen molar-refractivity contribution in [3.05, 3.63) is 88.6 Å². The quantitative estimate of drug-likeness (QED) is 0.653. The number of amides is 2. The number of hydrogen-bond acceptors (Lipinski definition) is 5. The predicted octanol–water partition coefficient (Wildman–Crippen LogP) is 2.52. The minimum absolute atomic E-state index is 0.0334. The molecule has 2 aliphatic rings. The molecule has 2 unspecified atom stereocenters. The summed E-state index contributed by atoms with van der Waals surface area (Å²) in [6, 6.07) is 17.5. The van der Waals surface area contributed by atoms with Gasteiger partial charge in [0, 0.05) is 43.5 Å². The molecule has 168 valence electrons. The molecule has 8 heteroatoms. The third-order valence-corrected chi connectivity index (χ3v) is 6.19. The molecule has 2 bridgehead atoms. The first-order chi connectivity index (χ1) is 16.1. The number of nitrogens with one attached hydrogen (secondary N) is 1. The Morgan fingerprint density at radius 1 is 1.00 bits per heavy atom. The first kappa shape index (κ1) is 20.9. The average molecular weight is 444 g/mol. The second kappa shape index (κ2) is 8.90. The number of nitrogens with zero attached hydrogens (tertiary/aromatic N) is 3. The number of para-hydroxylation sites is 1. The van der Waals surface area contributed by atoms with E-state index in [1.807, 2.05) is 35.2 Å². The van der Waals surface area contributed by atoms with E-state index < -0.39 is 0 Å². The van der Waals surface area contributed by atoms with Crippen molar-refractivity contribution in [2.75, 3.05) is 25.0 Å². The van der Waals surface area contributed by atoms with Gasteiger partial charge in [-0.2, -0.15) is 0 Å². The molecule has 0 spiro atoms. The Morgan fingerprint density at radius 3 is 2.61 bits per heavy atom. The molecule has 2 amide bonds. The van der Waals surface area contributed by atoms with Gasteiger partial charge in [-0.25, -0.2) is 0 Å². The van der Waals surface area contributed by atoms with E-state index in [2.05, 4.69) is 10.3 Å². The zero-order chi connectivity index (χ0) is 22.8. The number of fused-ring (bicyclic) bond motifs is 4. The molecule has 2 atom stereocenters. The third-order valence-electron chi connectivity index (χ3n) is 6.19. The average Bonchev–Trinajstić information content (AvgIpc) is 2.85. The standard InChI is InChI=1S/C25H24N4O4/c30-22-10-9-20(27-25(32)21-8-4-5-11-26-21)24-18-12-17(14-29(22)24)13-28(15-18)23(31)16-33-19-6-2-1-3-7-19/h1-11,17-18H,12-16H2,(H,27,32). The topological polar surface area (TPSA) is 93.5 Å². The lowest BCUT2D eigenvalue weighted by Gasteiger charge is -2.43. The summed E-state index contributed by atoms with van der Waals surface area (Å²) >= 11 is 0. The molecular weight excluding hydrogens is 420 g/mol. The number of piperidine rings is 1. The maximum atomic E-state index is 12.9. The summed E-state index contributed by atoms with van der Waals surface area (Å²) in [6.45, 7) is 1.54. The molecule has 2 aliphatic heterocycles. The molecule has 3 aromatic rings. The smallest absolute Gasteiger partial charge is 0.274 e. The fraction of sp³-hybridized carbons (Fsp3) is 0.280. The Balaban J connectivity index is 1.36. The number of anilines is 1. The molecule has 8 nitrogen and oxygen atoms in total.